The normalized spacial score (nSPS) is 21.2. The molecule has 0 radical (unpaired) electrons. The van der Waals surface area contributed by atoms with Crippen molar-refractivity contribution in [2.24, 2.45) is 4.99 Å². The number of hydrogen-bond donors (Lipinski definition) is 2. The molecule has 164 valence electrons. The summed E-state index contributed by atoms with van der Waals surface area (Å²) in [5.74, 6) is 0.455. The molecule has 0 bridgehead atoms. The van der Waals surface area contributed by atoms with Crippen LogP contribution in [0.15, 0.2) is 29.3 Å². The molecular formula is C20H29N5O4S. The standard InChI is InChI=1S/C20H29N5O4S/c1-20(2)14-25(10-11-30(20,28)29)19(21-3)23-12-15-4-6-16(7-5-15)18(27)24-9-8-22-17(26)13-24/h4-7H,8-14H2,1-3H3,(H,21,23)(H,22,26). The third kappa shape index (κ3) is 4.75. The lowest BCUT2D eigenvalue weighted by atomic mass is 10.1. The van der Waals surface area contributed by atoms with E-state index in [-0.39, 0.29) is 24.1 Å². The topological polar surface area (TPSA) is 111 Å². The highest BCUT2D eigenvalue weighted by Gasteiger charge is 2.40. The van der Waals surface area contributed by atoms with Gasteiger partial charge in [0.1, 0.15) is 0 Å². The second kappa shape index (κ2) is 8.63. The quantitative estimate of drug-likeness (QED) is 0.504. The number of piperazine rings is 1. The highest BCUT2D eigenvalue weighted by molar-refractivity contribution is 7.92. The van der Waals surface area contributed by atoms with Crippen molar-refractivity contribution in [2.45, 2.75) is 25.1 Å². The molecule has 30 heavy (non-hydrogen) atoms. The first-order valence-electron chi connectivity index (χ1n) is 9.96. The fraction of sp³-hybridized carbons (Fsp3) is 0.550. The van der Waals surface area contributed by atoms with Crippen LogP contribution >= 0.6 is 0 Å². The second-order valence-electron chi connectivity index (χ2n) is 8.17. The molecule has 2 heterocycles. The number of benzene rings is 1. The Hall–Kier alpha value is -2.62. The van der Waals surface area contributed by atoms with Crippen molar-refractivity contribution in [2.75, 3.05) is 45.5 Å². The van der Waals surface area contributed by atoms with E-state index < -0.39 is 14.6 Å². The molecule has 0 saturated carbocycles. The third-order valence-corrected chi connectivity index (χ3v) is 8.06. The second-order valence-corrected chi connectivity index (χ2v) is 10.9. The van der Waals surface area contributed by atoms with Gasteiger partial charge in [-0.2, -0.15) is 0 Å². The minimum atomic E-state index is -3.11. The summed E-state index contributed by atoms with van der Waals surface area (Å²) in [4.78, 5) is 31.8. The van der Waals surface area contributed by atoms with E-state index >= 15 is 0 Å². The lowest BCUT2D eigenvalue weighted by Crippen LogP contribution is -2.57. The summed E-state index contributed by atoms with van der Waals surface area (Å²) < 4.78 is 23.6. The van der Waals surface area contributed by atoms with E-state index in [0.717, 1.165) is 5.56 Å². The molecule has 0 atom stereocenters. The minimum Gasteiger partial charge on any atom is -0.353 e. The van der Waals surface area contributed by atoms with Gasteiger partial charge < -0.3 is 20.4 Å². The zero-order valence-electron chi connectivity index (χ0n) is 17.6. The smallest absolute Gasteiger partial charge is 0.254 e. The Balaban J connectivity index is 1.59. The summed E-state index contributed by atoms with van der Waals surface area (Å²) in [5.41, 5.74) is 1.51. The number of carbonyl (C=O) groups excluding carboxylic acids is 2. The Morgan fingerprint density at radius 2 is 1.90 bits per heavy atom. The maximum absolute atomic E-state index is 12.5. The Bertz CT molecular complexity index is 940. The average molecular weight is 436 g/mol. The summed E-state index contributed by atoms with van der Waals surface area (Å²) in [5, 5.41) is 5.98. The molecule has 2 saturated heterocycles. The lowest BCUT2D eigenvalue weighted by Gasteiger charge is -2.39. The van der Waals surface area contributed by atoms with Crippen molar-refractivity contribution >= 4 is 27.6 Å². The van der Waals surface area contributed by atoms with Gasteiger partial charge in [0.05, 0.1) is 17.0 Å². The molecule has 3 rings (SSSR count). The summed E-state index contributed by atoms with van der Waals surface area (Å²) in [7, 11) is -1.44. The summed E-state index contributed by atoms with van der Waals surface area (Å²) in [6, 6.07) is 7.24. The predicted octanol–water partition coefficient (Wildman–Crippen LogP) is -0.157. The van der Waals surface area contributed by atoms with Gasteiger partial charge >= 0.3 is 0 Å². The fourth-order valence-electron chi connectivity index (χ4n) is 3.60. The van der Waals surface area contributed by atoms with Crippen LogP contribution < -0.4 is 10.6 Å². The number of nitrogens with one attached hydrogen (secondary N) is 2. The molecular weight excluding hydrogens is 406 g/mol. The van der Waals surface area contributed by atoms with E-state index in [0.29, 0.717) is 44.2 Å². The summed E-state index contributed by atoms with van der Waals surface area (Å²) >= 11 is 0. The van der Waals surface area contributed by atoms with E-state index in [1.807, 2.05) is 17.0 Å². The van der Waals surface area contributed by atoms with Crippen molar-refractivity contribution in [3.8, 4) is 0 Å². The predicted molar refractivity (Wildman–Crippen MR) is 115 cm³/mol. The zero-order valence-corrected chi connectivity index (χ0v) is 18.5. The van der Waals surface area contributed by atoms with Crippen molar-refractivity contribution in [1.29, 1.82) is 0 Å². The minimum absolute atomic E-state index is 0.0837. The average Bonchev–Trinajstić information content (AvgIpc) is 2.71. The zero-order chi connectivity index (χ0) is 21.9. The molecule has 1 aromatic carbocycles. The maximum Gasteiger partial charge on any atom is 0.254 e. The van der Waals surface area contributed by atoms with E-state index in [1.165, 1.54) is 0 Å². The number of rotatable bonds is 3. The first kappa shape index (κ1) is 22.1. The lowest BCUT2D eigenvalue weighted by molar-refractivity contribution is -0.123. The summed E-state index contributed by atoms with van der Waals surface area (Å²) in [6.45, 7) is 5.82. The van der Waals surface area contributed by atoms with Crippen molar-refractivity contribution < 1.29 is 18.0 Å². The van der Waals surface area contributed by atoms with Crippen LogP contribution in [0, 0.1) is 0 Å². The van der Waals surface area contributed by atoms with Crippen molar-refractivity contribution in [3.63, 3.8) is 0 Å². The van der Waals surface area contributed by atoms with Crippen LogP contribution in [-0.2, 0) is 21.2 Å². The molecule has 1 aromatic rings. The van der Waals surface area contributed by atoms with Gasteiger partial charge in [-0.15, -0.1) is 0 Å². The van der Waals surface area contributed by atoms with E-state index in [9.17, 15) is 18.0 Å². The molecule has 10 heteroatoms. The van der Waals surface area contributed by atoms with E-state index in [1.54, 1.807) is 37.9 Å². The van der Waals surface area contributed by atoms with Crippen LogP contribution in [0.25, 0.3) is 0 Å². The number of carbonyl (C=O) groups is 2. The van der Waals surface area contributed by atoms with Gasteiger partial charge in [0.25, 0.3) is 5.91 Å². The largest absolute Gasteiger partial charge is 0.353 e. The van der Waals surface area contributed by atoms with Crippen LogP contribution in [0.2, 0.25) is 0 Å². The van der Waals surface area contributed by atoms with Gasteiger partial charge in [0, 0.05) is 45.3 Å². The number of hydrogen-bond acceptors (Lipinski definition) is 5. The maximum atomic E-state index is 12.5. The molecule has 9 nitrogen and oxygen atoms in total. The van der Waals surface area contributed by atoms with Crippen LogP contribution in [0.3, 0.4) is 0 Å². The first-order chi connectivity index (χ1) is 14.1. The van der Waals surface area contributed by atoms with Crippen LogP contribution in [0.5, 0.6) is 0 Å². The van der Waals surface area contributed by atoms with Crippen LogP contribution in [0.4, 0.5) is 0 Å². The number of nitrogens with zero attached hydrogens (tertiary/aromatic N) is 3. The molecule has 0 unspecified atom stereocenters. The molecule has 2 amide bonds. The Morgan fingerprint density at radius 3 is 2.50 bits per heavy atom. The molecule has 0 aliphatic carbocycles. The monoisotopic (exact) mass is 435 g/mol. The van der Waals surface area contributed by atoms with Gasteiger partial charge in [-0.25, -0.2) is 8.42 Å². The van der Waals surface area contributed by atoms with Gasteiger partial charge in [0.2, 0.25) is 5.91 Å². The van der Waals surface area contributed by atoms with E-state index in [2.05, 4.69) is 15.6 Å². The molecule has 2 N–H and O–H groups in total. The SMILES string of the molecule is CN=C(NCc1ccc(C(=O)N2CCNC(=O)C2)cc1)N1CCS(=O)(=O)C(C)(C)C1. The fourth-order valence-corrected chi connectivity index (χ4v) is 4.96. The van der Waals surface area contributed by atoms with Crippen LogP contribution in [-0.4, -0.2) is 86.3 Å². The number of aliphatic imine (C=N–C) groups is 1. The van der Waals surface area contributed by atoms with Gasteiger partial charge in [-0.05, 0) is 31.5 Å². The Morgan fingerprint density at radius 1 is 1.20 bits per heavy atom. The number of sulfone groups is 1. The number of amides is 2. The van der Waals surface area contributed by atoms with Gasteiger partial charge in [-0.3, -0.25) is 14.6 Å². The number of guanidine groups is 1. The highest BCUT2D eigenvalue weighted by atomic mass is 32.2. The van der Waals surface area contributed by atoms with Crippen molar-refractivity contribution in [1.82, 2.24) is 20.4 Å². The first-order valence-corrected chi connectivity index (χ1v) is 11.6. The Kier molecular flexibility index (Phi) is 6.35. The molecule has 2 aliphatic heterocycles. The van der Waals surface area contributed by atoms with Gasteiger partial charge in [0.15, 0.2) is 15.8 Å². The Labute approximate surface area is 177 Å². The molecule has 0 spiro atoms. The third-order valence-electron chi connectivity index (χ3n) is 5.53. The summed E-state index contributed by atoms with van der Waals surface area (Å²) in [6.07, 6.45) is 0. The van der Waals surface area contributed by atoms with Gasteiger partial charge in [-0.1, -0.05) is 12.1 Å². The molecule has 2 aliphatic rings. The molecule has 0 aromatic heterocycles. The van der Waals surface area contributed by atoms with Crippen molar-refractivity contribution in [3.05, 3.63) is 35.4 Å². The van der Waals surface area contributed by atoms with E-state index in [4.69, 9.17) is 0 Å². The highest BCUT2D eigenvalue weighted by Crippen LogP contribution is 2.23. The molecule has 2 fully saturated rings. The van der Waals surface area contributed by atoms with Crippen LogP contribution in [0.1, 0.15) is 29.8 Å².